The van der Waals surface area contributed by atoms with Crippen LogP contribution in [0, 0.1) is 27.7 Å². The fourth-order valence-electron chi connectivity index (χ4n) is 3.57. The standard InChI is InChI=1S/C26H26N4O6S2/c1-16-9-10-17(2)24(15-16)38(34,35)29-23-8-6-5-7-22(23)25(31)27-20-11-13-21(14-12-20)37(32,33)30-26-18(3)19(4)28-36-26/h5-15,29-30H,1-4H3,(H,27,31). The molecule has 0 fully saturated rings. The molecule has 0 unspecified atom stereocenters. The molecule has 4 aromatic rings. The second-order valence-electron chi connectivity index (χ2n) is 8.73. The fourth-order valence-corrected chi connectivity index (χ4v) is 6.03. The van der Waals surface area contributed by atoms with Gasteiger partial charge in [-0.05, 0) is 81.3 Å². The van der Waals surface area contributed by atoms with Gasteiger partial charge in [0.15, 0.2) is 0 Å². The van der Waals surface area contributed by atoms with Crippen LogP contribution in [0.15, 0.2) is 81.0 Å². The molecule has 3 N–H and O–H groups in total. The highest BCUT2D eigenvalue weighted by molar-refractivity contribution is 7.93. The summed E-state index contributed by atoms with van der Waals surface area (Å²) in [6.45, 7) is 6.87. The summed E-state index contributed by atoms with van der Waals surface area (Å²) in [6, 6.07) is 16.8. The molecule has 0 saturated heterocycles. The molecule has 10 nitrogen and oxygen atoms in total. The minimum absolute atomic E-state index is 0.0276. The Hall–Kier alpha value is -4.16. The summed E-state index contributed by atoms with van der Waals surface area (Å²) in [5.41, 5.74) is 3.01. The van der Waals surface area contributed by atoms with Crippen LogP contribution in [-0.2, 0) is 20.0 Å². The van der Waals surface area contributed by atoms with Gasteiger partial charge in [0, 0.05) is 11.3 Å². The zero-order chi connectivity index (χ0) is 27.7. The molecule has 1 aromatic heterocycles. The lowest BCUT2D eigenvalue weighted by Gasteiger charge is -2.14. The van der Waals surface area contributed by atoms with Gasteiger partial charge >= 0.3 is 0 Å². The Morgan fingerprint density at radius 2 is 1.50 bits per heavy atom. The van der Waals surface area contributed by atoms with Gasteiger partial charge in [0.1, 0.15) is 0 Å². The van der Waals surface area contributed by atoms with Crippen molar-refractivity contribution in [3.05, 3.63) is 94.7 Å². The second-order valence-corrected chi connectivity index (χ2v) is 12.1. The van der Waals surface area contributed by atoms with Gasteiger partial charge in [0.25, 0.3) is 26.0 Å². The average Bonchev–Trinajstić information content (AvgIpc) is 3.17. The average molecular weight is 555 g/mol. The van der Waals surface area contributed by atoms with E-state index in [1.165, 1.54) is 36.4 Å². The Bertz CT molecular complexity index is 1730. The first-order chi connectivity index (χ1) is 17.9. The van der Waals surface area contributed by atoms with Crippen molar-refractivity contribution in [1.82, 2.24) is 5.16 Å². The fraction of sp³-hybridized carbons (Fsp3) is 0.154. The maximum absolute atomic E-state index is 13.1. The molecule has 0 aliphatic heterocycles. The summed E-state index contributed by atoms with van der Waals surface area (Å²) in [6.07, 6.45) is 0. The molecule has 4 rings (SSSR count). The Morgan fingerprint density at radius 1 is 0.816 bits per heavy atom. The first kappa shape index (κ1) is 26.9. The van der Waals surface area contributed by atoms with E-state index in [4.69, 9.17) is 4.52 Å². The van der Waals surface area contributed by atoms with Crippen molar-refractivity contribution in [2.75, 3.05) is 14.8 Å². The van der Waals surface area contributed by atoms with Crippen molar-refractivity contribution in [1.29, 1.82) is 0 Å². The number of para-hydroxylation sites is 1. The molecule has 0 bridgehead atoms. The molecular formula is C26H26N4O6S2. The number of hydrogen-bond acceptors (Lipinski definition) is 7. The van der Waals surface area contributed by atoms with Gasteiger partial charge in [-0.1, -0.05) is 29.4 Å². The highest BCUT2D eigenvalue weighted by Gasteiger charge is 2.22. The molecule has 0 spiro atoms. The molecule has 1 amide bonds. The highest BCUT2D eigenvalue weighted by Crippen LogP contribution is 2.25. The van der Waals surface area contributed by atoms with E-state index in [9.17, 15) is 21.6 Å². The van der Waals surface area contributed by atoms with Crippen LogP contribution in [0.3, 0.4) is 0 Å². The number of aromatic nitrogens is 1. The predicted molar refractivity (Wildman–Crippen MR) is 144 cm³/mol. The van der Waals surface area contributed by atoms with Gasteiger partial charge in [-0.2, -0.15) is 0 Å². The number of carbonyl (C=O) groups excluding carboxylic acids is 1. The summed E-state index contributed by atoms with van der Waals surface area (Å²) in [4.78, 5) is 13.1. The number of carbonyl (C=O) groups is 1. The smallest absolute Gasteiger partial charge is 0.264 e. The number of amides is 1. The molecule has 198 valence electrons. The second kappa shape index (κ2) is 10.3. The number of nitrogens with zero attached hydrogens (tertiary/aromatic N) is 1. The quantitative estimate of drug-likeness (QED) is 0.284. The molecule has 3 aromatic carbocycles. The van der Waals surface area contributed by atoms with Crippen LogP contribution in [0.4, 0.5) is 17.3 Å². The van der Waals surface area contributed by atoms with Crippen molar-refractivity contribution in [2.45, 2.75) is 37.5 Å². The molecule has 0 radical (unpaired) electrons. The third-order valence-electron chi connectivity index (χ3n) is 5.86. The number of anilines is 3. The van der Waals surface area contributed by atoms with Crippen LogP contribution in [0.2, 0.25) is 0 Å². The van der Waals surface area contributed by atoms with Gasteiger partial charge in [0.2, 0.25) is 5.88 Å². The topological polar surface area (TPSA) is 147 Å². The van der Waals surface area contributed by atoms with E-state index in [1.54, 1.807) is 52.0 Å². The molecule has 38 heavy (non-hydrogen) atoms. The molecule has 0 atom stereocenters. The summed E-state index contributed by atoms with van der Waals surface area (Å²) in [5, 5.41) is 6.40. The summed E-state index contributed by atoms with van der Waals surface area (Å²) in [7, 11) is -7.91. The molecule has 0 aliphatic carbocycles. The van der Waals surface area contributed by atoms with E-state index in [-0.39, 0.29) is 26.9 Å². The summed E-state index contributed by atoms with van der Waals surface area (Å²) in [5.74, 6) is -0.550. The van der Waals surface area contributed by atoms with Crippen molar-refractivity contribution < 1.29 is 26.2 Å². The number of benzene rings is 3. The Morgan fingerprint density at radius 3 is 2.16 bits per heavy atom. The number of rotatable bonds is 8. The minimum Gasteiger partial charge on any atom is -0.337 e. The van der Waals surface area contributed by atoms with Crippen LogP contribution in [0.5, 0.6) is 0 Å². The SMILES string of the molecule is Cc1ccc(C)c(S(=O)(=O)Nc2ccccc2C(=O)Nc2ccc(S(=O)(=O)Nc3onc(C)c3C)cc2)c1. The molecule has 1 heterocycles. The van der Waals surface area contributed by atoms with E-state index in [0.29, 0.717) is 22.5 Å². The highest BCUT2D eigenvalue weighted by atomic mass is 32.2. The van der Waals surface area contributed by atoms with Crippen molar-refractivity contribution in [3.8, 4) is 0 Å². The van der Waals surface area contributed by atoms with Gasteiger partial charge in [-0.3, -0.25) is 9.52 Å². The van der Waals surface area contributed by atoms with Crippen LogP contribution in [0.1, 0.15) is 32.7 Å². The lowest BCUT2D eigenvalue weighted by Crippen LogP contribution is -2.19. The zero-order valence-corrected chi connectivity index (χ0v) is 22.7. The Kier molecular flexibility index (Phi) is 7.29. The van der Waals surface area contributed by atoms with Crippen molar-refractivity contribution >= 4 is 43.2 Å². The number of hydrogen-bond donors (Lipinski definition) is 3. The number of sulfonamides is 2. The number of nitrogens with one attached hydrogen (secondary N) is 3. The normalized spacial score (nSPS) is 11.7. The van der Waals surface area contributed by atoms with E-state index in [0.717, 1.165) is 5.56 Å². The first-order valence-corrected chi connectivity index (χ1v) is 14.4. The van der Waals surface area contributed by atoms with E-state index in [1.807, 2.05) is 6.07 Å². The lowest BCUT2D eigenvalue weighted by molar-refractivity contribution is 0.102. The van der Waals surface area contributed by atoms with E-state index >= 15 is 0 Å². The third kappa shape index (κ3) is 5.71. The van der Waals surface area contributed by atoms with Crippen LogP contribution >= 0.6 is 0 Å². The third-order valence-corrected chi connectivity index (χ3v) is 8.71. The van der Waals surface area contributed by atoms with Gasteiger partial charge in [-0.15, -0.1) is 0 Å². The molecule has 0 saturated carbocycles. The summed E-state index contributed by atoms with van der Waals surface area (Å²) >= 11 is 0. The monoisotopic (exact) mass is 554 g/mol. The summed E-state index contributed by atoms with van der Waals surface area (Å²) < 4.78 is 61.4. The molecule has 12 heteroatoms. The van der Waals surface area contributed by atoms with Crippen LogP contribution in [-0.4, -0.2) is 27.9 Å². The van der Waals surface area contributed by atoms with Crippen molar-refractivity contribution in [2.24, 2.45) is 0 Å². The molecule has 0 aliphatic rings. The largest absolute Gasteiger partial charge is 0.337 e. The van der Waals surface area contributed by atoms with Crippen LogP contribution < -0.4 is 14.8 Å². The Labute approximate surface area is 221 Å². The minimum atomic E-state index is -3.96. The maximum atomic E-state index is 13.1. The van der Waals surface area contributed by atoms with E-state index < -0.39 is 26.0 Å². The zero-order valence-electron chi connectivity index (χ0n) is 21.1. The predicted octanol–water partition coefficient (Wildman–Crippen LogP) is 4.76. The van der Waals surface area contributed by atoms with E-state index in [2.05, 4.69) is 19.9 Å². The van der Waals surface area contributed by atoms with Gasteiger partial charge < -0.3 is 9.84 Å². The van der Waals surface area contributed by atoms with Gasteiger partial charge in [0.05, 0.1) is 26.7 Å². The maximum Gasteiger partial charge on any atom is 0.264 e. The van der Waals surface area contributed by atoms with Crippen molar-refractivity contribution in [3.63, 3.8) is 0 Å². The number of aryl methyl sites for hydroxylation is 3. The van der Waals surface area contributed by atoms with Crippen LogP contribution in [0.25, 0.3) is 0 Å². The first-order valence-electron chi connectivity index (χ1n) is 11.4. The Balaban J connectivity index is 1.52. The molecular weight excluding hydrogens is 528 g/mol. The lowest BCUT2D eigenvalue weighted by atomic mass is 10.1. The van der Waals surface area contributed by atoms with Gasteiger partial charge in [-0.25, -0.2) is 21.6 Å².